The first-order valence-corrected chi connectivity index (χ1v) is 4.28. The van der Waals surface area contributed by atoms with E-state index in [0.717, 1.165) is 5.56 Å². The van der Waals surface area contributed by atoms with Crippen molar-refractivity contribution in [2.75, 3.05) is 0 Å². The van der Waals surface area contributed by atoms with Gasteiger partial charge in [-0.15, -0.1) is 0 Å². The van der Waals surface area contributed by atoms with Crippen LogP contribution in [-0.2, 0) is 14.2 Å². The van der Waals surface area contributed by atoms with Gasteiger partial charge in [0.25, 0.3) is 0 Å². The Balaban J connectivity index is 2.11. The topological polar surface area (TPSA) is 79.7 Å². The van der Waals surface area contributed by atoms with Crippen LogP contribution >= 0.6 is 0 Å². The monoisotopic (exact) mass is 196 g/mol. The summed E-state index contributed by atoms with van der Waals surface area (Å²) < 4.78 is 15.2. The van der Waals surface area contributed by atoms with Gasteiger partial charge >= 0.3 is 0 Å². The number of hydrogen-bond acceptors (Lipinski definition) is 5. The average molecular weight is 196 g/mol. The van der Waals surface area contributed by atoms with E-state index in [-0.39, 0.29) is 0 Å². The molecule has 2 unspecified atom stereocenters. The Hall–Kier alpha value is -0.980. The SMILES string of the molecule is NC1OC(N)OC(c2ccccc2)O1. The minimum atomic E-state index is -0.844. The summed E-state index contributed by atoms with van der Waals surface area (Å²) in [5.41, 5.74) is 11.8. The number of ether oxygens (including phenoxy) is 3. The maximum Gasteiger partial charge on any atom is 0.220 e. The van der Waals surface area contributed by atoms with Crippen molar-refractivity contribution in [2.45, 2.75) is 19.1 Å². The Morgan fingerprint density at radius 2 is 1.43 bits per heavy atom. The first kappa shape index (κ1) is 9.57. The molecule has 14 heavy (non-hydrogen) atoms. The van der Waals surface area contributed by atoms with Crippen LogP contribution in [0.2, 0.25) is 0 Å². The van der Waals surface area contributed by atoms with E-state index >= 15 is 0 Å². The van der Waals surface area contributed by atoms with E-state index in [1.807, 2.05) is 30.3 Å². The lowest BCUT2D eigenvalue weighted by atomic mass is 10.2. The summed E-state index contributed by atoms with van der Waals surface area (Å²) >= 11 is 0. The van der Waals surface area contributed by atoms with Crippen LogP contribution in [0, 0.1) is 0 Å². The predicted molar refractivity (Wildman–Crippen MR) is 48.4 cm³/mol. The third kappa shape index (κ3) is 2.09. The van der Waals surface area contributed by atoms with Gasteiger partial charge in [-0.25, -0.2) is 0 Å². The molecule has 1 aliphatic rings. The fourth-order valence-electron chi connectivity index (χ4n) is 1.24. The second kappa shape index (κ2) is 4.04. The van der Waals surface area contributed by atoms with E-state index in [1.165, 1.54) is 0 Å². The molecule has 1 aromatic rings. The Bertz CT molecular complexity index is 283. The van der Waals surface area contributed by atoms with Gasteiger partial charge in [0.15, 0.2) is 6.29 Å². The summed E-state index contributed by atoms with van der Waals surface area (Å²) in [6.45, 7) is 0. The number of hydrogen-bond donors (Lipinski definition) is 2. The van der Waals surface area contributed by atoms with Crippen molar-refractivity contribution >= 4 is 0 Å². The van der Waals surface area contributed by atoms with Crippen molar-refractivity contribution < 1.29 is 14.2 Å². The summed E-state index contributed by atoms with van der Waals surface area (Å²) in [5, 5.41) is 0. The minimum absolute atomic E-state index is 0.560. The molecule has 2 atom stereocenters. The maximum atomic E-state index is 5.45. The Kier molecular flexibility index (Phi) is 2.76. The van der Waals surface area contributed by atoms with Gasteiger partial charge in [-0.2, -0.15) is 0 Å². The van der Waals surface area contributed by atoms with Gasteiger partial charge in [0.2, 0.25) is 12.8 Å². The molecule has 2 rings (SSSR count). The largest absolute Gasteiger partial charge is 0.306 e. The molecule has 0 aliphatic carbocycles. The van der Waals surface area contributed by atoms with E-state index in [9.17, 15) is 0 Å². The molecule has 0 bridgehead atoms. The quantitative estimate of drug-likeness (QED) is 0.672. The van der Waals surface area contributed by atoms with Crippen LogP contribution in [0.4, 0.5) is 0 Å². The molecule has 0 saturated carbocycles. The minimum Gasteiger partial charge on any atom is -0.306 e. The molecule has 0 spiro atoms. The molecule has 1 aromatic carbocycles. The van der Waals surface area contributed by atoms with E-state index in [4.69, 9.17) is 25.7 Å². The third-order valence-corrected chi connectivity index (χ3v) is 1.86. The fourth-order valence-corrected chi connectivity index (χ4v) is 1.24. The number of benzene rings is 1. The molecule has 0 aromatic heterocycles. The second-order valence-corrected chi connectivity index (χ2v) is 2.89. The van der Waals surface area contributed by atoms with Gasteiger partial charge in [-0.3, -0.25) is 16.2 Å². The van der Waals surface area contributed by atoms with Gasteiger partial charge < -0.3 is 9.47 Å². The Labute approximate surface area is 81.5 Å². The summed E-state index contributed by atoms with van der Waals surface area (Å²) in [5.74, 6) is 0. The van der Waals surface area contributed by atoms with Crippen LogP contribution in [0.1, 0.15) is 11.9 Å². The van der Waals surface area contributed by atoms with Crippen LogP contribution < -0.4 is 11.5 Å². The Morgan fingerprint density at radius 3 is 2.00 bits per heavy atom. The highest BCUT2D eigenvalue weighted by Crippen LogP contribution is 2.24. The maximum absolute atomic E-state index is 5.45. The first-order valence-electron chi connectivity index (χ1n) is 4.28. The standard InChI is InChI=1S/C9H12N2O3/c10-8-12-7(13-9(11)14-8)6-4-2-1-3-5-6/h1-5,7-9H,10-11H2. The summed E-state index contributed by atoms with van der Waals surface area (Å²) in [6, 6.07) is 9.41. The molecule has 0 radical (unpaired) electrons. The lowest BCUT2D eigenvalue weighted by Gasteiger charge is -2.31. The lowest BCUT2D eigenvalue weighted by molar-refractivity contribution is -0.384. The smallest absolute Gasteiger partial charge is 0.220 e. The van der Waals surface area contributed by atoms with Crippen molar-refractivity contribution in [3.05, 3.63) is 35.9 Å². The summed E-state index contributed by atoms with van der Waals surface area (Å²) in [6.07, 6.45) is -2.25. The third-order valence-electron chi connectivity index (χ3n) is 1.86. The first-order chi connectivity index (χ1) is 6.75. The molecule has 1 aliphatic heterocycles. The zero-order valence-electron chi connectivity index (χ0n) is 7.50. The highest BCUT2D eigenvalue weighted by Gasteiger charge is 2.27. The van der Waals surface area contributed by atoms with E-state index in [0.29, 0.717) is 0 Å². The van der Waals surface area contributed by atoms with Gasteiger partial charge in [-0.1, -0.05) is 30.3 Å². The van der Waals surface area contributed by atoms with Crippen molar-refractivity contribution in [3.63, 3.8) is 0 Å². The fraction of sp³-hybridized carbons (Fsp3) is 0.333. The molecule has 1 saturated heterocycles. The van der Waals surface area contributed by atoms with Gasteiger partial charge in [-0.05, 0) is 0 Å². The normalized spacial score (nSPS) is 32.9. The van der Waals surface area contributed by atoms with Crippen LogP contribution in [0.15, 0.2) is 30.3 Å². The molecule has 5 heteroatoms. The zero-order chi connectivity index (χ0) is 9.97. The molecule has 1 fully saturated rings. The summed E-state index contributed by atoms with van der Waals surface area (Å²) in [4.78, 5) is 0. The van der Waals surface area contributed by atoms with Crippen LogP contribution in [-0.4, -0.2) is 12.8 Å². The Morgan fingerprint density at radius 1 is 0.857 bits per heavy atom. The van der Waals surface area contributed by atoms with Crippen molar-refractivity contribution in [3.8, 4) is 0 Å². The highest BCUT2D eigenvalue weighted by molar-refractivity contribution is 5.16. The van der Waals surface area contributed by atoms with E-state index in [2.05, 4.69) is 0 Å². The average Bonchev–Trinajstić information content (AvgIpc) is 2.18. The molecule has 76 valence electrons. The lowest BCUT2D eigenvalue weighted by Crippen LogP contribution is -2.45. The van der Waals surface area contributed by atoms with Crippen molar-refractivity contribution in [1.29, 1.82) is 0 Å². The van der Waals surface area contributed by atoms with Crippen molar-refractivity contribution in [1.82, 2.24) is 0 Å². The zero-order valence-corrected chi connectivity index (χ0v) is 7.50. The molecule has 4 N–H and O–H groups in total. The van der Waals surface area contributed by atoms with Crippen LogP contribution in [0.3, 0.4) is 0 Å². The molecule has 5 nitrogen and oxygen atoms in total. The number of nitrogens with two attached hydrogens (primary N) is 2. The van der Waals surface area contributed by atoms with Crippen LogP contribution in [0.5, 0.6) is 0 Å². The number of rotatable bonds is 1. The molecular formula is C9H12N2O3. The molecular weight excluding hydrogens is 184 g/mol. The van der Waals surface area contributed by atoms with Crippen LogP contribution in [0.25, 0.3) is 0 Å². The second-order valence-electron chi connectivity index (χ2n) is 2.89. The van der Waals surface area contributed by atoms with Crippen molar-refractivity contribution in [2.24, 2.45) is 11.5 Å². The van der Waals surface area contributed by atoms with Gasteiger partial charge in [0, 0.05) is 5.56 Å². The highest BCUT2D eigenvalue weighted by atomic mass is 16.9. The molecule has 0 amide bonds. The van der Waals surface area contributed by atoms with Gasteiger partial charge in [0.05, 0.1) is 0 Å². The van der Waals surface area contributed by atoms with E-state index < -0.39 is 19.1 Å². The van der Waals surface area contributed by atoms with E-state index in [1.54, 1.807) is 0 Å². The summed E-state index contributed by atoms with van der Waals surface area (Å²) in [7, 11) is 0. The predicted octanol–water partition coefficient (Wildman–Crippen LogP) is 0.233. The molecule has 1 heterocycles. The van der Waals surface area contributed by atoms with Gasteiger partial charge in [0.1, 0.15) is 0 Å².